The number of carbonyl (C=O) groups excluding carboxylic acids is 2. The van der Waals surface area contributed by atoms with Gasteiger partial charge in [0.1, 0.15) is 12.6 Å². The predicted molar refractivity (Wildman–Crippen MR) is 63.2 cm³/mol. The Balaban J connectivity index is 1.84. The number of methoxy groups -OCH3 is 1. The van der Waals surface area contributed by atoms with Crippen LogP contribution < -0.4 is 5.32 Å². The van der Waals surface area contributed by atoms with Gasteiger partial charge in [-0.3, -0.25) is 9.69 Å². The van der Waals surface area contributed by atoms with Crippen molar-refractivity contribution in [3.63, 3.8) is 0 Å². The molecule has 1 N–H and O–H groups in total. The fraction of sp³-hybridized carbons (Fsp3) is 0.818. The first-order chi connectivity index (χ1) is 8.72. The Hall–Kier alpha value is -1.34. The van der Waals surface area contributed by atoms with Gasteiger partial charge >= 0.3 is 6.09 Å². The molecular formula is C11H19N3O4. The second-order valence-electron chi connectivity index (χ2n) is 4.40. The molecule has 0 aliphatic carbocycles. The summed E-state index contributed by atoms with van der Waals surface area (Å²) in [5, 5.41) is 2.81. The van der Waals surface area contributed by atoms with E-state index in [9.17, 15) is 9.59 Å². The third-order valence-corrected chi connectivity index (χ3v) is 3.26. The smallest absolute Gasteiger partial charge is 0.409 e. The summed E-state index contributed by atoms with van der Waals surface area (Å²) in [6.45, 7) is 3.89. The average Bonchev–Trinajstić information content (AvgIpc) is 2.39. The molecule has 7 heteroatoms. The van der Waals surface area contributed by atoms with Crippen molar-refractivity contribution in [3.8, 4) is 0 Å². The van der Waals surface area contributed by atoms with E-state index in [1.54, 1.807) is 12.0 Å². The first kappa shape index (κ1) is 13.1. The van der Waals surface area contributed by atoms with Crippen LogP contribution in [0.15, 0.2) is 0 Å². The number of hydrogen-bond donors (Lipinski definition) is 1. The van der Waals surface area contributed by atoms with Crippen molar-refractivity contribution < 1.29 is 19.1 Å². The van der Waals surface area contributed by atoms with Crippen molar-refractivity contribution in [3.05, 3.63) is 0 Å². The van der Waals surface area contributed by atoms with Gasteiger partial charge in [-0.05, 0) is 0 Å². The van der Waals surface area contributed by atoms with Crippen LogP contribution in [0.1, 0.15) is 0 Å². The van der Waals surface area contributed by atoms with Crippen LogP contribution in [0, 0.1) is 0 Å². The van der Waals surface area contributed by atoms with Gasteiger partial charge in [0.05, 0.1) is 6.61 Å². The molecule has 2 heterocycles. The molecule has 1 unspecified atom stereocenters. The van der Waals surface area contributed by atoms with Gasteiger partial charge in [-0.2, -0.15) is 0 Å². The van der Waals surface area contributed by atoms with Gasteiger partial charge in [-0.15, -0.1) is 0 Å². The lowest BCUT2D eigenvalue weighted by atomic mass is 10.1. The normalized spacial score (nSPS) is 24.4. The molecule has 0 radical (unpaired) electrons. The highest BCUT2D eigenvalue weighted by Crippen LogP contribution is 2.13. The third kappa shape index (κ3) is 2.91. The zero-order chi connectivity index (χ0) is 13.0. The number of carbonyl (C=O) groups is 2. The second-order valence-corrected chi connectivity index (χ2v) is 4.40. The van der Waals surface area contributed by atoms with Gasteiger partial charge in [0.15, 0.2) is 0 Å². The zero-order valence-corrected chi connectivity index (χ0v) is 10.6. The Labute approximate surface area is 106 Å². The Morgan fingerprint density at radius 1 is 1.39 bits per heavy atom. The van der Waals surface area contributed by atoms with Gasteiger partial charge in [-0.1, -0.05) is 0 Å². The summed E-state index contributed by atoms with van der Waals surface area (Å²) >= 11 is 0. The molecule has 1 atom stereocenters. The van der Waals surface area contributed by atoms with Crippen molar-refractivity contribution >= 4 is 12.0 Å². The summed E-state index contributed by atoms with van der Waals surface area (Å²) in [5.74, 6) is -0.00404. The topological polar surface area (TPSA) is 71.1 Å². The molecule has 2 fully saturated rings. The number of nitrogens with one attached hydrogen (secondary N) is 1. The fourth-order valence-corrected chi connectivity index (χ4v) is 2.25. The van der Waals surface area contributed by atoms with E-state index in [2.05, 4.69) is 10.2 Å². The first-order valence-corrected chi connectivity index (χ1v) is 6.15. The van der Waals surface area contributed by atoms with Gasteiger partial charge in [0.2, 0.25) is 5.91 Å². The van der Waals surface area contributed by atoms with Crippen LogP contribution in [-0.4, -0.2) is 80.9 Å². The molecule has 0 saturated carbocycles. The second kappa shape index (κ2) is 6.01. The van der Waals surface area contributed by atoms with Crippen LogP contribution in [0.2, 0.25) is 0 Å². The Kier molecular flexibility index (Phi) is 4.38. The van der Waals surface area contributed by atoms with Crippen molar-refractivity contribution in [2.75, 3.05) is 53.0 Å². The number of nitrogens with zero attached hydrogens (tertiary/aromatic N) is 2. The van der Waals surface area contributed by atoms with E-state index in [1.165, 1.54) is 0 Å². The molecule has 0 aromatic heterocycles. The molecule has 0 aromatic carbocycles. The highest BCUT2D eigenvalue weighted by atomic mass is 16.6. The SMILES string of the molecule is COCCOC(=O)N1CCN2CCNC(=O)C2C1. The molecule has 2 aliphatic heterocycles. The highest BCUT2D eigenvalue weighted by molar-refractivity contribution is 5.83. The van der Waals surface area contributed by atoms with E-state index >= 15 is 0 Å². The van der Waals surface area contributed by atoms with Crippen molar-refractivity contribution in [2.45, 2.75) is 6.04 Å². The summed E-state index contributed by atoms with van der Waals surface area (Å²) in [7, 11) is 1.55. The maximum absolute atomic E-state index is 11.8. The Morgan fingerprint density at radius 3 is 3.00 bits per heavy atom. The van der Waals surface area contributed by atoms with Crippen molar-refractivity contribution in [1.29, 1.82) is 0 Å². The minimum absolute atomic E-state index is 0.00404. The van der Waals surface area contributed by atoms with Gasteiger partial charge < -0.3 is 19.7 Å². The number of rotatable bonds is 3. The fourth-order valence-electron chi connectivity index (χ4n) is 2.25. The number of amides is 2. The molecule has 7 nitrogen and oxygen atoms in total. The summed E-state index contributed by atoms with van der Waals surface area (Å²) in [6, 6.07) is -0.234. The van der Waals surface area contributed by atoms with Crippen LogP contribution in [-0.2, 0) is 14.3 Å². The maximum atomic E-state index is 11.8. The van der Waals surface area contributed by atoms with Crippen molar-refractivity contribution in [1.82, 2.24) is 15.1 Å². The molecule has 18 heavy (non-hydrogen) atoms. The Morgan fingerprint density at radius 2 is 2.22 bits per heavy atom. The molecule has 2 amide bonds. The summed E-state index contributed by atoms with van der Waals surface area (Å²) in [5.41, 5.74) is 0. The average molecular weight is 257 g/mol. The number of fused-ring (bicyclic) bond motifs is 1. The zero-order valence-electron chi connectivity index (χ0n) is 10.6. The van der Waals surface area contributed by atoms with Crippen LogP contribution in [0.25, 0.3) is 0 Å². The maximum Gasteiger partial charge on any atom is 0.409 e. The minimum atomic E-state index is -0.370. The van der Waals surface area contributed by atoms with E-state index < -0.39 is 0 Å². The van der Waals surface area contributed by atoms with Gasteiger partial charge in [-0.25, -0.2) is 4.79 Å². The largest absolute Gasteiger partial charge is 0.447 e. The predicted octanol–water partition coefficient (Wildman–Crippen LogP) is -1.11. The van der Waals surface area contributed by atoms with E-state index in [0.29, 0.717) is 26.2 Å². The van der Waals surface area contributed by atoms with E-state index in [4.69, 9.17) is 9.47 Å². The van der Waals surface area contributed by atoms with E-state index in [-0.39, 0.29) is 24.6 Å². The molecule has 102 valence electrons. The number of ether oxygens (including phenoxy) is 2. The van der Waals surface area contributed by atoms with E-state index in [0.717, 1.165) is 13.1 Å². The summed E-state index contributed by atoms with van der Waals surface area (Å²) < 4.78 is 9.86. The number of hydrogen-bond acceptors (Lipinski definition) is 5. The van der Waals surface area contributed by atoms with Crippen LogP contribution >= 0.6 is 0 Å². The molecule has 2 saturated heterocycles. The lowest BCUT2D eigenvalue weighted by Crippen LogP contribution is -2.64. The summed E-state index contributed by atoms with van der Waals surface area (Å²) in [4.78, 5) is 27.2. The quantitative estimate of drug-likeness (QED) is 0.649. The lowest BCUT2D eigenvalue weighted by molar-refractivity contribution is -0.131. The van der Waals surface area contributed by atoms with Crippen molar-refractivity contribution in [2.24, 2.45) is 0 Å². The molecular weight excluding hydrogens is 238 g/mol. The highest BCUT2D eigenvalue weighted by Gasteiger charge is 2.36. The van der Waals surface area contributed by atoms with Crippen LogP contribution in [0.5, 0.6) is 0 Å². The number of piperazine rings is 2. The molecule has 2 rings (SSSR count). The monoisotopic (exact) mass is 257 g/mol. The lowest BCUT2D eigenvalue weighted by Gasteiger charge is -2.42. The van der Waals surface area contributed by atoms with Crippen LogP contribution in [0.3, 0.4) is 0 Å². The molecule has 0 aromatic rings. The molecule has 2 aliphatic rings. The van der Waals surface area contributed by atoms with Gasteiger partial charge in [0.25, 0.3) is 0 Å². The van der Waals surface area contributed by atoms with E-state index in [1.807, 2.05) is 0 Å². The molecule has 0 bridgehead atoms. The third-order valence-electron chi connectivity index (χ3n) is 3.26. The van der Waals surface area contributed by atoms with Gasteiger partial charge in [0, 0.05) is 39.8 Å². The van der Waals surface area contributed by atoms with Crippen LogP contribution in [0.4, 0.5) is 4.79 Å². The Bertz CT molecular complexity index is 323. The summed E-state index contributed by atoms with van der Waals surface area (Å²) in [6.07, 6.45) is -0.370. The standard InChI is InChI=1S/C11H19N3O4/c1-17-6-7-18-11(16)14-5-4-13-3-2-12-10(15)9(13)8-14/h9H,2-8H2,1H3,(H,12,15). The minimum Gasteiger partial charge on any atom is -0.447 e. The first-order valence-electron chi connectivity index (χ1n) is 6.15. The molecule has 0 spiro atoms.